The first-order valence-corrected chi connectivity index (χ1v) is 14.4. The molecule has 2 aliphatic heterocycles. The van der Waals surface area contributed by atoms with Crippen LogP contribution in [0.1, 0.15) is 29.5 Å². The summed E-state index contributed by atoms with van der Waals surface area (Å²) in [6.45, 7) is 2.02. The Balaban J connectivity index is 1.30. The van der Waals surface area contributed by atoms with Crippen molar-refractivity contribution in [2.75, 3.05) is 18.0 Å². The molecule has 2 aromatic heterocycles. The van der Waals surface area contributed by atoms with Crippen molar-refractivity contribution >= 4 is 51.7 Å². The smallest absolute Gasteiger partial charge is 0.267 e. The quantitative estimate of drug-likeness (QED) is 0.231. The van der Waals surface area contributed by atoms with E-state index >= 15 is 0 Å². The number of hydrogen-bond acceptors (Lipinski definition) is 6. The van der Waals surface area contributed by atoms with E-state index in [0.29, 0.717) is 38.7 Å². The van der Waals surface area contributed by atoms with Crippen molar-refractivity contribution in [2.45, 2.75) is 25.8 Å². The van der Waals surface area contributed by atoms with Gasteiger partial charge in [-0.05, 0) is 54.5 Å². The maximum atomic E-state index is 13.7. The maximum absolute atomic E-state index is 13.7. The molecule has 0 bridgehead atoms. The first kappa shape index (κ1) is 25.5. The van der Waals surface area contributed by atoms with Gasteiger partial charge in [-0.25, -0.2) is 4.98 Å². The van der Waals surface area contributed by atoms with Crippen LogP contribution in [0.15, 0.2) is 94.8 Å². The topological polar surface area (TPSA) is 57.9 Å². The number of rotatable bonds is 6. The van der Waals surface area contributed by atoms with Crippen molar-refractivity contribution < 1.29 is 4.79 Å². The molecule has 0 atom stereocenters. The largest absolute Gasteiger partial charge is 0.356 e. The molecule has 0 saturated carbocycles. The van der Waals surface area contributed by atoms with Gasteiger partial charge in [0.2, 0.25) is 0 Å². The van der Waals surface area contributed by atoms with E-state index in [9.17, 15) is 9.59 Å². The van der Waals surface area contributed by atoms with Gasteiger partial charge in [-0.15, -0.1) is 0 Å². The summed E-state index contributed by atoms with van der Waals surface area (Å²) >= 11 is 6.80. The first-order valence-electron chi connectivity index (χ1n) is 13.2. The van der Waals surface area contributed by atoms with Gasteiger partial charge in [-0.2, -0.15) is 0 Å². The predicted octanol–water partition coefficient (Wildman–Crippen LogP) is 5.56. The molecular formula is C31H28N4O2S2. The summed E-state index contributed by atoms with van der Waals surface area (Å²) in [4.78, 5) is 36.3. The summed E-state index contributed by atoms with van der Waals surface area (Å²) in [5, 5.41) is 0. The Morgan fingerprint density at radius 3 is 2.28 bits per heavy atom. The minimum absolute atomic E-state index is 0.182. The van der Waals surface area contributed by atoms with Crippen molar-refractivity contribution in [3.63, 3.8) is 0 Å². The lowest BCUT2D eigenvalue weighted by Crippen LogP contribution is -2.37. The van der Waals surface area contributed by atoms with Crippen molar-refractivity contribution in [1.82, 2.24) is 14.3 Å². The summed E-state index contributed by atoms with van der Waals surface area (Å²) in [6.07, 6.45) is 6.51. The summed E-state index contributed by atoms with van der Waals surface area (Å²) in [6, 6.07) is 25.9. The van der Waals surface area contributed by atoms with Crippen LogP contribution in [0.25, 0.3) is 11.7 Å². The monoisotopic (exact) mass is 552 g/mol. The predicted molar refractivity (Wildman–Crippen MR) is 162 cm³/mol. The van der Waals surface area contributed by atoms with E-state index in [-0.39, 0.29) is 11.5 Å². The van der Waals surface area contributed by atoms with E-state index in [1.165, 1.54) is 17.3 Å². The van der Waals surface area contributed by atoms with Gasteiger partial charge in [-0.3, -0.25) is 18.9 Å². The molecule has 2 aromatic carbocycles. The number of carbonyl (C=O) groups excluding carboxylic acids is 1. The highest BCUT2D eigenvalue weighted by Gasteiger charge is 2.33. The van der Waals surface area contributed by atoms with Crippen molar-refractivity contribution in [3.05, 3.63) is 117 Å². The zero-order valence-electron chi connectivity index (χ0n) is 21.4. The van der Waals surface area contributed by atoms with Gasteiger partial charge in [0, 0.05) is 19.3 Å². The molecule has 2 aliphatic rings. The second kappa shape index (κ2) is 11.2. The van der Waals surface area contributed by atoms with Crippen LogP contribution < -0.4 is 10.5 Å². The average Bonchev–Trinajstić information content (AvgIpc) is 3.23. The van der Waals surface area contributed by atoms with E-state index in [4.69, 9.17) is 17.2 Å². The molecule has 39 heavy (non-hydrogen) atoms. The fourth-order valence-corrected chi connectivity index (χ4v) is 6.52. The van der Waals surface area contributed by atoms with Gasteiger partial charge in [0.1, 0.15) is 15.8 Å². The number of pyridine rings is 1. The molecule has 1 amide bonds. The lowest BCUT2D eigenvalue weighted by molar-refractivity contribution is -0.122. The summed E-state index contributed by atoms with van der Waals surface area (Å²) in [5.41, 5.74) is 3.20. The van der Waals surface area contributed by atoms with Crippen molar-refractivity contribution in [3.8, 4) is 0 Å². The summed E-state index contributed by atoms with van der Waals surface area (Å²) < 4.78 is 2.04. The van der Waals surface area contributed by atoms with Gasteiger partial charge < -0.3 is 4.90 Å². The number of fused-ring (bicyclic) bond motifs is 1. The van der Waals surface area contributed by atoms with Crippen LogP contribution in [0.3, 0.4) is 0 Å². The van der Waals surface area contributed by atoms with Gasteiger partial charge in [0.25, 0.3) is 11.5 Å². The molecule has 8 heteroatoms. The van der Waals surface area contributed by atoms with Crippen LogP contribution in [0, 0.1) is 5.92 Å². The van der Waals surface area contributed by atoms with E-state index in [2.05, 4.69) is 29.2 Å². The number of hydrogen-bond donors (Lipinski definition) is 0. The van der Waals surface area contributed by atoms with Crippen LogP contribution >= 0.6 is 24.0 Å². The SMILES string of the molecule is O=C1C(=Cc2c(N3CCC(Cc4ccccc4)CC3)nc3ccccn3c2=O)SC(=S)N1Cc1ccccc1. The lowest BCUT2D eigenvalue weighted by atomic mass is 9.90. The Labute approximate surface area is 237 Å². The standard InChI is InChI=1S/C31H28N4O2S2/c36-29-25(20-26-30(37)35(31(38)39-26)21-24-11-5-2-6-12-24)28(32-27-13-7-8-16-34(27)29)33-17-14-23(15-18-33)19-22-9-3-1-4-10-22/h1-13,16,20,23H,14-15,17-19,21H2. The second-order valence-electron chi connectivity index (χ2n) is 9.96. The molecule has 4 heterocycles. The molecule has 0 N–H and O–H groups in total. The van der Waals surface area contributed by atoms with Crippen molar-refractivity contribution in [2.24, 2.45) is 5.92 Å². The number of nitrogens with zero attached hydrogens (tertiary/aromatic N) is 4. The van der Waals surface area contributed by atoms with Gasteiger partial charge in [0.15, 0.2) is 0 Å². The van der Waals surface area contributed by atoms with E-state index in [0.717, 1.165) is 37.9 Å². The highest BCUT2D eigenvalue weighted by Crippen LogP contribution is 2.35. The van der Waals surface area contributed by atoms with Crippen LogP contribution in [0.5, 0.6) is 0 Å². The Kier molecular flexibility index (Phi) is 7.30. The number of thiocarbonyl (C=S) groups is 1. The molecule has 4 aromatic rings. The van der Waals surface area contributed by atoms with Crippen LogP contribution in [-0.2, 0) is 17.8 Å². The molecule has 6 nitrogen and oxygen atoms in total. The highest BCUT2D eigenvalue weighted by atomic mass is 32.2. The Bertz CT molecular complexity index is 1610. The Morgan fingerprint density at radius 1 is 0.897 bits per heavy atom. The molecule has 0 aliphatic carbocycles. The van der Waals surface area contributed by atoms with Crippen molar-refractivity contribution in [1.29, 1.82) is 0 Å². The molecule has 196 valence electrons. The molecule has 6 rings (SSSR count). The number of anilines is 1. The first-order chi connectivity index (χ1) is 19.1. The lowest BCUT2D eigenvalue weighted by Gasteiger charge is -2.33. The van der Waals surface area contributed by atoms with Gasteiger partial charge >= 0.3 is 0 Å². The zero-order chi connectivity index (χ0) is 26.8. The number of amides is 1. The zero-order valence-corrected chi connectivity index (χ0v) is 23.0. The summed E-state index contributed by atoms with van der Waals surface area (Å²) in [5.74, 6) is 1.04. The van der Waals surface area contributed by atoms with E-state index in [1.807, 2.05) is 54.6 Å². The maximum Gasteiger partial charge on any atom is 0.267 e. The molecule has 0 unspecified atom stereocenters. The number of thioether (sulfide) groups is 1. The van der Waals surface area contributed by atoms with Crippen LogP contribution in [-0.4, -0.2) is 37.6 Å². The Morgan fingerprint density at radius 2 is 1.56 bits per heavy atom. The number of carbonyl (C=O) groups is 1. The third kappa shape index (κ3) is 5.40. The summed E-state index contributed by atoms with van der Waals surface area (Å²) in [7, 11) is 0. The number of benzene rings is 2. The molecule has 2 saturated heterocycles. The number of piperidine rings is 1. The minimum atomic E-state index is -0.185. The van der Waals surface area contributed by atoms with Crippen LogP contribution in [0.2, 0.25) is 0 Å². The van der Waals surface area contributed by atoms with Crippen LogP contribution in [0.4, 0.5) is 5.82 Å². The fraction of sp³-hybridized carbons (Fsp3) is 0.226. The Hall–Kier alpha value is -3.75. The third-order valence-corrected chi connectivity index (χ3v) is 8.74. The highest BCUT2D eigenvalue weighted by molar-refractivity contribution is 8.26. The number of aromatic nitrogens is 2. The van der Waals surface area contributed by atoms with Gasteiger partial charge in [0.05, 0.1) is 17.0 Å². The fourth-order valence-electron chi connectivity index (χ4n) is 5.29. The van der Waals surface area contributed by atoms with Gasteiger partial charge in [-0.1, -0.05) is 90.7 Å². The molecule has 0 radical (unpaired) electrons. The molecular weight excluding hydrogens is 525 g/mol. The van der Waals surface area contributed by atoms with E-state index < -0.39 is 0 Å². The van der Waals surface area contributed by atoms with E-state index in [1.54, 1.807) is 21.6 Å². The average molecular weight is 553 g/mol. The molecule has 0 spiro atoms. The second-order valence-corrected chi connectivity index (χ2v) is 11.6. The minimum Gasteiger partial charge on any atom is -0.356 e. The molecule has 2 fully saturated rings. The third-order valence-electron chi connectivity index (χ3n) is 7.36. The normalized spacial score (nSPS) is 17.5.